The van der Waals surface area contributed by atoms with Crippen molar-refractivity contribution in [3.63, 3.8) is 0 Å². The van der Waals surface area contributed by atoms with Crippen molar-refractivity contribution in [2.75, 3.05) is 0 Å². The molecule has 90 valence electrons. The minimum atomic E-state index is -0.692. The predicted octanol–water partition coefficient (Wildman–Crippen LogP) is 1.15. The summed E-state index contributed by atoms with van der Waals surface area (Å²) in [5, 5.41) is 10.1. The Bertz CT molecular complexity index is 544. The second-order valence-electron chi connectivity index (χ2n) is 4.76. The van der Waals surface area contributed by atoms with Gasteiger partial charge in [-0.25, -0.2) is 9.97 Å². The van der Waals surface area contributed by atoms with Crippen LogP contribution in [0, 0.1) is 0 Å². The molecule has 2 aromatic rings. The van der Waals surface area contributed by atoms with Gasteiger partial charge in [-0.05, 0) is 25.8 Å². The van der Waals surface area contributed by atoms with Crippen molar-refractivity contribution >= 4 is 11.2 Å². The summed E-state index contributed by atoms with van der Waals surface area (Å²) in [5.74, 6) is 0. The van der Waals surface area contributed by atoms with Crippen LogP contribution in [0.4, 0.5) is 0 Å². The molecular formula is C12H16N4O. The van der Waals surface area contributed by atoms with Gasteiger partial charge in [-0.15, -0.1) is 0 Å². The molecule has 0 spiro atoms. The molecule has 1 aliphatic rings. The predicted molar refractivity (Wildman–Crippen MR) is 64.4 cm³/mol. The minimum Gasteiger partial charge on any atom is -0.387 e. The van der Waals surface area contributed by atoms with Crippen LogP contribution in [0.25, 0.3) is 11.2 Å². The SMILES string of the molecule is CC(N)C(O)c1ccnc2c1ncn2C1CC1. The van der Waals surface area contributed by atoms with Crippen LogP contribution in [-0.2, 0) is 0 Å². The molecule has 3 rings (SSSR count). The van der Waals surface area contributed by atoms with Crippen LogP contribution >= 0.6 is 0 Å². The molecule has 0 aliphatic heterocycles. The Morgan fingerprint density at radius 2 is 2.24 bits per heavy atom. The smallest absolute Gasteiger partial charge is 0.160 e. The average molecular weight is 232 g/mol. The molecule has 0 saturated heterocycles. The highest BCUT2D eigenvalue weighted by atomic mass is 16.3. The average Bonchev–Trinajstić information content (AvgIpc) is 3.07. The van der Waals surface area contributed by atoms with Crippen molar-refractivity contribution in [2.45, 2.75) is 38.0 Å². The molecule has 2 unspecified atom stereocenters. The maximum atomic E-state index is 10.1. The summed E-state index contributed by atoms with van der Waals surface area (Å²) in [5.41, 5.74) is 8.12. The second kappa shape index (κ2) is 3.78. The molecular weight excluding hydrogens is 216 g/mol. The van der Waals surface area contributed by atoms with Gasteiger partial charge in [0.1, 0.15) is 5.52 Å². The first-order valence-electron chi connectivity index (χ1n) is 5.93. The third-order valence-corrected chi connectivity index (χ3v) is 3.25. The van der Waals surface area contributed by atoms with E-state index in [1.54, 1.807) is 19.2 Å². The van der Waals surface area contributed by atoms with E-state index in [9.17, 15) is 5.11 Å². The van der Waals surface area contributed by atoms with Gasteiger partial charge in [-0.3, -0.25) is 0 Å². The van der Waals surface area contributed by atoms with Crippen LogP contribution in [0.5, 0.6) is 0 Å². The van der Waals surface area contributed by atoms with Gasteiger partial charge in [0.05, 0.1) is 12.4 Å². The molecule has 5 nitrogen and oxygen atoms in total. The van der Waals surface area contributed by atoms with Crippen LogP contribution < -0.4 is 5.73 Å². The van der Waals surface area contributed by atoms with E-state index < -0.39 is 6.10 Å². The van der Waals surface area contributed by atoms with Crippen LogP contribution in [0.2, 0.25) is 0 Å². The number of rotatable bonds is 3. The zero-order valence-corrected chi connectivity index (χ0v) is 9.74. The lowest BCUT2D eigenvalue weighted by Crippen LogP contribution is -2.24. The fourth-order valence-corrected chi connectivity index (χ4v) is 2.10. The van der Waals surface area contributed by atoms with E-state index in [1.807, 2.05) is 6.33 Å². The zero-order valence-electron chi connectivity index (χ0n) is 9.74. The van der Waals surface area contributed by atoms with Crippen LogP contribution in [0.15, 0.2) is 18.6 Å². The minimum absolute atomic E-state index is 0.313. The summed E-state index contributed by atoms with van der Waals surface area (Å²) in [7, 11) is 0. The van der Waals surface area contributed by atoms with Gasteiger partial charge in [0.25, 0.3) is 0 Å². The molecule has 0 amide bonds. The number of nitrogens with two attached hydrogens (primary N) is 1. The molecule has 0 bridgehead atoms. The van der Waals surface area contributed by atoms with Gasteiger partial charge < -0.3 is 15.4 Å². The molecule has 0 aromatic carbocycles. The number of aliphatic hydroxyl groups excluding tert-OH is 1. The van der Waals surface area contributed by atoms with Crippen molar-refractivity contribution in [1.82, 2.24) is 14.5 Å². The van der Waals surface area contributed by atoms with Gasteiger partial charge in [0, 0.05) is 23.8 Å². The lowest BCUT2D eigenvalue weighted by molar-refractivity contribution is 0.154. The maximum absolute atomic E-state index is 10.1. The lowest BCUT2D eigenvalue weighted by Gasteiger charge is -2.14. The summed E-state index contributed by atoms with van der Waals surface area (Å²) in [6.45, 7) is 1.79. The highest BCUT2D eigenvalue weighted by Crippen LogP contribution is 2.37. The van der Waals surface area contributed by atoms with Crippen molar-refractivity contribution in [1.29, 1.82) is 0 Å². The third-order valence-electron chi connectivity index (χ3n) is 3.25. The molecule has 2 atom stereocenters. The molecule has 1 aliphatic carbocycles. The van der Waals surface area contributed by atoms with E-state index in [0.717, 1.165) is 16.7 Å². The lowest BCUT2D eigenvalue weighted by atomic mass is 10.0. The van der Waals surface area contributed by atoms with Gasteiger partial charge in [0.15, 0.2) is 5.65 Å². The third kappa shape index (κ3) is 1.71. The number of aromatic nitrogens is 3. The van der Waals surface area contributed by atoms with Crippen molar-refractivity contribution in [3.8, 4) is 0 Å². The number of fused-ring (bicyclic) bond motifs is 1. The molecule has 2 heterocycles. The normalized spacial score (nSPS) is 19.5. The summed E-state index contributed by atoms with van der Waals surface area (Å²) in [6, 6.07) is 2.02. The molecule has 0 radical (unpaired) electrons. The number of nitrogens with zero attached hydrogens (tertiary/aromatic N) is 3. The van der Waals surface area contributed by atoms with Crippen molar-refractivity contribution in [3.05, 3.63) is 24.2 Å². The summed E-state index contributed by atoms with van der Waals surface area (Å²) in [4.78, 5) is 8.72. The fraction of sp³-hybridized carbons (Fsp3) is 0.500. The number of hydrogen-bond acceptors (Lipinski definition) is 4. The molecule has 17 heavy (non-hydrogen) atoms. The van der Waals surface area contributed by atoms with Crippen LogP contribution in [0.1, 0.15) is 37.5 Å². The van der Waals surface area contributed by atoms with Gasteiger partial charge in [-0.1, -0.05) is 0 Å². The highest BCUT2D eigenvalue weighted by Gasteiger charge is 2.27. The van der Waals surface area contributed by atoms with Gasteiger partial charge in [0.2, 0.25) is 0 Å². The number of aliphatic hydroxyl groups is 1. The second-order valence-corrected chi connectivity index (χ2v) is 4.76. The van der Waals surface area contributed by atoms with E-state index in [1.165, 1.54) is 12.8 Å². The van der Waals surface area contributed by atoms with Gasteiger partial charge in [-0.2, -0.15) is 0 Å². The summed E-state index contributed by atoms with van der Waals surface area (Å²) in [6.07, 6.45) is 5.21. The number of pyridine rings is 1. The first-order chi connectivity index (χ1) is 8.18. The van der Waals surface area contributed by atoms with Crippen LogP contribution in [-0.4, -0.2) is 25.7 Å². The van der Waals surface area contributed by atoms with E-state index in [-0.39, 0.29) is 6.04 Å². The highest BCUT2D eigenvalue weighted by molar-refractivity contribution is 5.75. The topological polar surface area (TPSA) is 77.0 Å². The van der Waals surface area contributed by atoms with E-state index in [0.29, 0.717) is 6.04 Å². The molecule has 1 saturated carbocycles. The molecule has 2 aromatic heterocycles. The van der Waals surface area contributed by atoms with Crippen LogP contribution in [0.3, 0.4) is 0 Å². The summed E-state index contributed by atoms with van der Waals surface area (Å²) < 4.78 is 2.09. The van der Waals surface area contributed by atoms with E-state index in [2.05, 4.69) is 14.5 Å². The van der Waals surface area contributed by atoms with Gasteiger partial charge >= 0.3 is 0 Å². The Labute approximate surface area is 99.3 Å². The Hall–Kier alpha value is -1.46. The van der Waals surface area contributed by atoms with Crippen molar-refractivity contribution < 1.29 is 5.11 Å². The molecule has 3 N–H and O–H groups in total. The maximum Gasteiger partial charge on any atom is 0.160 e. The zero-order chi connectivity index (χ0) is 12.0. The Kier molecular flexibility index (Phi) is 2.38. The first-order valence-corrected chi connectivity index (χ1v) is 5.93. The largest absolute Gasteiger partial charge is 0.387 e. The molecule has 1 fully saturated rings. The fourth-order valence-electron chi connectivity index (χ4n) is 2.10. The number of imidazole rings is 1. The van der Waals surface area contributed by atoms with Crippen molar-refractivity contribution in [2.24, 2.45) is 5.73 Å². The Morgan fingerprint density at radius 3 is 2.88 bits per heavy atom. The first kappa shape index (κ1) is 10.7. The standard InChI is InChI=1S/C12H16N4O/c1-7(13)11(17)9-4-5-14-12-10(9)15-6-16(12)8-2-3-8/h4-8,11,17H,2-3,13H2,1H3. The Morgan fingerprint density at radius 1 is 1.47 bits per heavy atom. The summed E-state index contributed by atoms with van der Waals surface area (Å²) >= 11 is 0. The van der Waals surface area contributed by atoms with E-state index >= 15 is 0 Å². The Balaban J connectivity index is 2.13. The molecule has 5 heteroatoms. The number of hydrogen-bond donors (Lipinski definition) is 2. The monoisotopic (exact) mass is 232 g/mol. The quantitative estimate of drug-likeness (QED) is 0.832. The van der Waals surface area contributed by atoms with E-state index in [4.69, 9.17) is 5.73 Å².